The van der Waals surface area contributed by atoms with Gasteiger partial charge in [-0.25, -0.2) is 8.78 Å². The zero-order valence-corrected chi connectivity index (χ0v) is 7.56. The van der Waals surface area contributed by atoms with Gasteiger partial charge in [0.15, 0.2) is 0 Å². The van der Waals surface area contributed by atoms with Gasteiger partial charge in [-0.2, -0.15) is 0 Å². The maximum atomic E-state index is 12.4. The van der Waals surface area contributed by atoms with Crippen molar-refractivity contribution >= 4 is 0 Å². The van der Waals surface area contributed by atoms with E-state index in [2.05, 4.69) is 5.32 Å². The van der Waals surface area contributed by atoms with E-state index in [1.165, 1.54) is 0 Å². The molecule has 1 N–H and O–H groups in total. The van der Waals surface area contributed by atoms with Gasteiger partial charge in [0.05, 0.1) is 6.04 Å². The van der Waals surface area contributed by atoms with E-state index in [1.54, 1.807) is 0 Å². The minimum Gasteiger partial charge on any atom is -0.304 e. The third-order valence-electron chi connectivity index (χ3n) is 2.59. The van der Waals surface area contributed by atoms with Crippen LogP contribution in [0.4, 0.5) is 8.78 Å². The Morgan fingerprint density at radius 1 is 1.42 bits per heavy atom. The molecular formula is C8H16F2N2. The van der Waals surface area contributed by atoms with Gasteiger partial charge < -0.3 is 10.2 Å². The standard InChI is InChI=1S/C8H16F2N2/c1-6-8(4-10)11-7(3-9)5-12(6)2/h6-8,11H,3-5H2,1-2H3/t6-,7+,8+/m0/s1. The Hall–Kier alpha value is -0.220. The Morgan fingerprint density at radius 2 is 2.08 bits per heavy atom. The number of halogens is 2. The molecule has 1 saturated heterocycles. The molecule has 3 atom stereocenters. The highest BCUT2D eigenvalue weighted by molar-refractivity contribution is 4.89. The van der Waals surface area contributed by atoms with Crippen molar-refractivity contribution in [3.8, 4) is 0 Å². The first-order valence-electron chi connectivity index (χ1n) is 4.27. The molecule has 0 amide bonds. The molecular weight excluding hydrogens is 162 g/mol. The van der Waals surface area contributed by atoms with Crippen molar-refractivity contribution in [1.82, 2.24) is 10.2 Å². The smallest absolute Gasteiger partial charge is 0.106 e. The third-order valence-corrected chi connectivity index (χ3v) is 2.59. The number of nitrogens with zero attached hydrogens (tertiary/aromatic N) is 1. The molecule has 1 aliphatic heterocycles. The lowest BCUT2D eigenvalue weighted by Crippen LogP contribution is -2.61. The SMILES string of the molecule is C[C@H]1[C@@H](CF)N[C@H](CF)CN1C. The van der Waals surface area contributed by atoms with Crippen LogP contribution < -0.4 is 5.32 Å². The van der Waals surface area contributed by atoms with Gasteiger partial charge in [0.25, 0.3) is 0 Å². The molecule has 1 rings (SSSR count). The quantitative estimate of drug-likeness (QED) is 0.665. The minimum atomic E-state index is -0.429. The second-order valence-electron chi connectivity index (χ2n) is 3.46. The van der Waals surface area contributed by atoms with Crippen molar-refractivity contribution in [3.05, 3.63) is 0 Å². The molecule has 0 spiro atoms. The van der Waals surface area contributed by atoms with Gasteiger partial charge in [-0.1, -0.05) is 0 Å². The fourth-order valence-corrected chi connectivity index (χ4v) is 1.58. The summed E-state index contributed by atoms with van der Waals surface area (Å²) in [7, 11) is 1.90. The van der Waals surface area contributed by atoms with Crippen LogP contribution in [0.25, 0.3) is 0 Å². The Kier molecular flexibility index (Phi) is 3.40. The lowest BCUT2D eigenvalue weighted by Gasteiger charge is -2.40. The molecule has 0 radical (unpaired) electrons. The number of hydrogen-bond acceptors (Lipinski definition) is 2. The van der Waals surface area contributed by atoms with E-state index in [0.717, 1.165) is 0 Å². The average molecular weight is 178 g/mol. The number of nitrogens with one attached hydrogen (secondary N) is 1. The second kappa shape index (κ2) is 4.14. The molecule has 1 heterocycles. The van der Waals surface area contributed by atoms with Crippen LogP contribution >= 0.6 is 0 Å². The van der Waals surface area contributed by atoms with Gasteiger partial charge in [0.1, 0.15) is 13.3 Å². The van der Waals surface area contributed by atoms with Crippen LogP contribution in [-0.4, -0.2) is 50.0 Å². The number of hydrogen-bond donors (Lipinski definition) is 1. The topological polar surface area (TPSA) is 15.3 Å². The van der Waals surface area contributed by atoms with E-state index in [0.29, 0.717) is 6.54 Å². The molecule has 4 heteroatoms. The molecule has 0 saturated carbocycles. The fraction of sp³-hybridized carbons (Fsp3) is 1.00. The molecule has 1 aliphatic rings. The van der Waals surface area contributed by atoms with Crippen LogP contribution in [0.15, 0.2) is 0 Å². The van der Waals surface area contributed by atoms with Crippen molar-refractivity contribution in [2.45, 2.75) is 25.0 Å². The highest BCUT2D eigenvalue weighted by atomic mass is 19.1. The molecule has 0 aromatic heterocycles. The molecule has 0 aromatic carbocycles. The minimum absolute atomic E-state index is 0.151. The Labute approximate surface area is 71.9 Å². The lowest BCUT2D eigenvalue weighted by atomic mass is 10.0. The first-order valence-corrected chi connectivity index (χ1v) is 4.27. The molecule has 72 valence electrons. The molecule has 1 fully saturated rings. The zero-order chi connectivity index (χ0) is 9.14. The summed E-state index contributed by atoms with van der Waals surface area (Å²) in [5.74, 6) is 0. The highest BCUT2D eigenvalue weighted by Crippen LogP contribution is 2.11. The van der Waals surface area contributed by atoms with Crippen LogP contribution in [0.1, 0.15) is 6.92 Å². The Morgan fingerprint density at radius 3 is 2.58 bits per heavy atom. The van der Waals surface area contributed by atoms with Crippen molar-refractivity contribution in [2.24, 2.45) is 0 Å². The van der Waals surface area contributed by atoms with E-state index < -0.39 is 13.3 Å². The van der Waals surface area contributed by atoms with Crippen LogP contribution in [0.2, 0.25) is 0 Å². The van der Waals surface area contributed by atoms with Gasteiger partial charge in [-0.05, 0) is 14.0 Å². The van der Waals surface area contributed by atoms with E-state index in [4.69, 9.17) is 0 Å². The monoisotopic (exact) mass is 178 g/mol. The maximum Gasteiger partial charge on any atom is 0.106 e. The molecule has 12 heavy (non-hydrogen) atoms. The van der Waals surface area contributed by atoms with Crippen molar-refractivity contribution in [2.75, 3.05) is 26.9 Å². The van der Waals surface area contributed by atoms with Crippen LogP contribution in [0.5, 0.6) is 0 Å². The van der Waals surface area contributed by atoms with Crippen molar-refractivity contribution in [3.63, 3.8) is 0 Å². The number of rotatable bonds is 2. The van der Waals surface area contributed by atoms with E-state index in [-0.39, 0.29) is 18.1 Å². The fourth-order valence-electron chi connectivity index (χ4n) is 1.58. The van der Waals surface area contributed by atoms with Gasteiger partial charge in [0, 0.05) is 18.6 Å². The van der Waals surface area contributed by atoms with Crippen molar-refractivity contribution in [1.29, 1.82) is 0 Å². The van der Waals surface area contributed by atoms with Gasteiger partial charge in [0.2, 0.25) is 0 Å². The number of likely N-dealkylation sites (N-methyl/N-ethyl adjacent to an activating group) is 1. The zero-order valence-electron chi connectivity index (χ0n) is 7.56. The Balaban J connectivity index is 2.52. The van der Waals surface area contributed by atoms with E-state index >= 15 is 0 Å². The molecule has 0 aliphatic carbocycles. The second-order valence-corrected chi connectivity index (χ2v) is 3.46. The Bertz CT molecular complexity index is 143. The summed E-state index contributed by atoms with van der Waals surface area (Å²) in [4.78, 5) is 1.99. The summed E-state index contributed by atoms with van der Waals surface area (Å²) in [5.41, 5.74) is 0. The van der Waals surface area contributed by atoms with Crippen LogP contribution in [0, 0.1) is 0 Å². The van der Waals surface area contributed by atoms with Crippen LogP contribution in [0.3, 0.4) is 0 Å². The van der Waals surface area contributed by atoms with Crippen molar-refractivity contribution < 1.29 is 8.78 Å². The third kappa shape index (κ3) is 1.93. The van der Waals surface area contributed by atoms with Gasteiger partial charge >= 0.3 is 0 Å². The molecule has 2 nitrogen and oxygen atoms in total. The summed E-state index contributed by atoms with van der Waals surface area (Å²) >= 11 is 0. The molecule has 0 bridgehead atoms. The maximum absolute atomic E-state index is 12.4. The van der Waals surface area contributed by atoms with E-state index in [9.17, 15) is 8.78 Å². The summed E-state index contributed by atoms with van der Waals surface area (Å²) in [6.07, 6.45) is 0. The molecule has 0 aromatic rings. The van der Waals surface area contributed by atoms with Crippen LogP contribution in [-0.2, 0) is 0 Å². The number of piperazine rings is 1. The van der Waals surface area contributed by atoms with Gasteiger partial charge in [-0.15, -0.1) is 0 Å². The van der Waals surface area contributed by atoms with Gasteiger partial charge in [-0.3, -0.25) is 0 Å². The first-order chi connectivity index (χ1) is 5.69. The predicted octanol–water partition coefficient (Wildman–Crippen LogP) is 0.586. The first kappa shape index (κ1) is 9.86. The summed E-state index contributed by atoms with van der Waals surface area (Å²) < 4.78 is 24.7. The predicted molar refractivity (Wildman–Crippen MR) is 44.8 cm³/mol. The summed E-state index contributed by atoms with van der Waals surface area (Å²) in [5, 5.41) is 2.94. The summed E-state index contributed by atoms with van der Waals surface area (Å²) in [6, 6.07) is -0.269. The number of alkyl halides is 2. The largest absolute Gasteiger partial charge is 0.304 e. The lowest BCUT2D eigenvalue weighted by molar-refractivity contribution is 0.102. The summed E-state index contributed by atoms with van der Waals surface area (Å²) in [6.45, 7) is 1.76. The highest BCUT2D eigenvalue weighted by Gasteiger charge is 2.30. The normalized spacial score (nSPS) is 38.5. The van der Waals surface area contributed by atoms with E-state index in [1.807, 2.05) is 18.9 Å². The average Bonchev–Trinajstić information content (AvgIpc) is 2.09. The molecule has 0 unspecified atom stereocenters.